The lowest BCUT2D eigenvalue weighted by Gasteiger charge is -2.30. The summed E-state index contributed by atoms with van der Waals surface area (Å²) < 4.78 is 0. The van der Waals surface area contributed by atoms with Crippen molar-refractivity contribution in [2.24, 2.45) is 11.1 Å². The topological polar surface area (TPSA) is 46.2 Å². The van der Waals surface area contributed by atoms with Gasteiger partial charge in [-0.3, -0.25) is 0 Å². The van der Waals surface area contributed by atoms with E-state index in [2.05, 4.69) is 0 Å². The highest BCUT2D eigenvalue weighted by Gasteiger charge is 2.28. The van der Waals surface area contributed by atoms with Crippen LogP contribution >= 0.6 is 35.6 Å². The lowest BCUT2D eigenvalue weighted by Crippen LogP contribution is -2.32. The first-order chi connectivity index (χ1) is 6.90. The Morgan fingerprint density at radius 2 is 1.94 bits per heavy atom. The first-order valence-electron chi connectivity index (χ1n) is 4.70. The molecule has 0 radical (unpaired) electrons. The monoisotopic (exact) mass is 283 g/mol. The Hall–Kier alpha value is 0.01000. The largest absolute Gasteiger partial charge is 0.396 e. The van der Waals surface area contributed by atoms with Gasteiger partial charge in [0.25, 0.3) is 0 Å². The van der Waals surface area contributed by atoms with Gasteiger partial charge in [-0.05, 0) is 11.6 Å². The third kappa shape index (κ3) is 3.25. The van der Waals surface area contributed by atoms with Crippen LogP contribution in [-0.2, 0) is 0 Å². The predicted octanol–water partition coefficient (Wildman–Crippen LogP) is 3.43. The molecular formula is C11H16Cl3NO. The molecule has 0 heterocycles. The van der Waals surface area contributed by atoms with Gasteiger partial charge in [0.05, 0.1) is 10.0 Å². The first-order valence-corrected chi connectivity index (χ1v) is 5.46. The normalized spacial score (nSPS) is 13.1. The van der Waals surface area contributed by atoms with Crippen LogP contribution in [0.4, 0.5) is 0 Å². The van der Waals surface area contributed by atoms with Gasteiger partial charge in [0.15, 0.2) is 0 Å². The Balaban J connectivity index is 0.00000225. The molecule has 0 saturated carbocycles. The second-order valence-corrected chi connectivity index (χ2v) is 5.05. The van der Waals surface area contributed by atoms with E-state index in [9.17, 15) is 5.11 Å². The van der Waals surface area contributed by atoms with Gasteiger partial charge in [-0.15, -0.1) is 12.4 Å². The van der Waals surface area contributed by atoms with Gasteiger partial charge >= 0.3 is 0 Å². The lowest BCUT2D eigenvalue weighted by molar-refractivity contribution is 0.132. The minimum absolute atomic E-state index is 0. The summed E-state index contributed by atoms with van der Waals surface area (Å²) in [5.41, 5.74) is 6.39. The van der Waals surface area contributed by atoms with E-state index in [0.29, 0.717) is 10.0 Å². The maximum atomic E-state index is 9.23. The number of benzene rings is 1. The summed E-state index contributed by atoms with van der Waals surface area (Å²) in [6.45, 7) is 3.76. The quantitative estimate of drug-likeness (QED) is 0.893. The van der Waals surface area contributed by atoms with E-state index < -0.39 is 5.41 Å². The maximum absolute atomic E-state index is 9.23. The molecule has 0 aliphatic rings. The molecule has 0 spiro atoms. The SMILES string of the molecule is CC(C)(CO)[C@@H](N)c1cccc(Cl)c1Cl.Cl. The van der Waals surface area contributed by atoms with Gasteiger partial charge < -0.3 is 10.8 Å². The zero-order chi connectivity index (χ0) is 11.6. The van der Waals surface area contributed by atoms with Crippen molar-refractivity contribution in [3.8, 4) is 0 Å². The smallest absolute Gasteiger partial charge is 0.0640 e. The Bertz CT molecular complexity index is 355. The van der Waals surface area contributed by atoms with Crippen LogP contribution in [0.2, 0.25) is 10.0 Å². The van der Waals surface area contributed by atoms with E-state index in [1.807, 2.05) is 19.9 Å². The fraction of sp³-hybridized carbons (Fsp3) is 0.455. The van der Waals surface area contributed by atoms with Gasteiger partial charge in [-0.1, -0.05) is 49.2 Å². The van der Waals surface area contributed by atoms with Crippen molar-refractivity contribution in [2.45, 2.75) is 19.9 Å². The predicted molar refractivity (Wildman–Crippen MR) is 71.5 cm³/mol. The highest BCUT2D eigenvalue weighted by Crippen LogP contribution is 2.37. The van der Waals surface area contributed by atoms with Crippen LogP contribution in [0.25, 0.3) is 0 Å². The summed E-state index contributed by atoms with van der Waals surface area (Å²) in [4.78, 5) is 0. The third-order valence-electron chi connectivity index (χ3n) is 2.57. The van der Waals surface area contributed by atoms with Crippen molar-refractivity contribution in [1.29, 1.82) is 0 Å². The number of halogens is 3. The first kappa shape index (κ1) is 16.0. The fourth-order valence-corrected chi connectivity index (χ4v) is 1.71. The van der Waals surface area contributed by atoms with Crippen LogP contribution in [-0.4, -0.2) is 11.7 Å². The van der Waals surface area contributed by atoms with Crippen molar-refractivity contribution in [3.05, 3.63) is 33.8 Å². The minimum Gasteiger partial charge on any atom is -0.396 e. The number of aliphatic hydroxyl groups is 1. The molecule has 0 aromatic heterocycles. The van der Waals surface area contributed by atoms with Crippen LogP contribution in [0.15, 0.2) is 18.2 Å². The average Bonchev–Trinajstić information content (AvgIpc) is 2.21. The van der Waals surface area contributed by atoms with Crippen molar-refractivity contribution in [3.63, 3.8) is 0 Å². The molecule has 0 aliphatic heterocycles. The molecule has 0 saturated heterocycles. The molecular weight excluding hydrogens is 268 g/mol. The fourth-order valence-electron chi connectivity index (χ4n) is 1.28. The summed E-state index contributed by atoms with van der Waals surface area (Å²) >= 11 is 12.0. The maximum Gasteiger partial charge on any atom is 0.0640 e. The van der Waals surface area contributed by atoms with E-state index >= 15 is 0 Å². The van der Waals surface area contributed by atoms with E-state index in [0.717, 1.165) is 5.56 Å². The van der Waals surface area contributed by atoms with Crippen LogP contribution in [0.5, 0.6) is 0 Å². The van der Waals surface area contributed by atoms with Crippen LogP contribution < -0.4 is 5.73 Å². The van der Waals surface area contributed by atoms with Gasteiger partial charge in [0.2, 0.25) is 0 Å². The molecule has 2 nitrogen and oxygen atoms in total. The minimum atomic E-state index is -0.422. The number of rotatable bonds is 3. The molecule has 5 heteroatoms. The molecule has 1 atom stereocenters. The second-order valence-electron chi connectivity index (χ2n) is 4.27. The molecule has 1 aromatic rings. The van der Waals surface area contributed by atoms with Crippen molar-refractivity contribution >= 4 is 35.6 Å². The average molecular weight is 285 g/mol. The zero-order valence-electron chi connectivity index (χ0n) is 9.21. The Labute approximate surface area is 112 Å². The summed E-state index contributed by atoms with van der Waals surface area (Å²) in [5, 5.41) is 10.2. The molecule has 1 rings (SSSR count). The van der Waals surface area contributed by atoms with Crippen molar-refractivity contribution in [2.75, 3.05) is 6.61 Å². The molecule has 92 valence electrons. The zero-order valence-corrected chi connectivity index (χ0v) is 11.5. The van der Waals surface area contributed by atoms with E-state index in [4.69, 9.17) is 28.9 Å². The van der Waals surface area contributed by atoms with Gasteiger partial charge in [-0.25, -0.2) is 0 Å². The molecule has 0 fully saturated rings. The van der Waals surface area contributed by atoms with E-state index in [1.54, 1.807) is 12.1 Å². The van der Waals surface area contributed by atoms with Gasteiger partial charge in [0, 0.05) is 18.1 Å². The van der Waals surface area contributed by atoms with Crippen LogP contribution in [0, 0.1) is 5.41 Å². The number of aliphatic hydroxyl groups excluding tert-OH is 1. The number of nitrogens with two attached hydrogens (primary N) is 1. The Kier molecular flexibility index (Phi) is 6.09. The molecule has 3 N–H and O–H groups in total. The van der Waals surface area contributed by atoms with E-state index in [-0.39, 0.29) is 25.1 Å². The van der Waals surface area contributed by atoms with Crippen molar-refractivity contribution in [1.82, 2.24) is 0 Å². The molecule has 0 unspecified atom stereocenters. The second kappa shape index (κ2) is 6.08. The molecule has 0 bridgehead atoms. The van der Waals surface area contributed by atoms with E-state index in [1.165, 1.54) is 0 Å². The summed E-state index contributed by atoms with van der Waals surface area (Å²) in [6, 6.07) is 5.01. The highest BCUT2D eigenvalue weighted by atomic mass is 35.5. The summed E-state index contributed by atoms with van der Waals surface area (Å²) in [6.07, 6.45) is 0. The summed E-state index contributed by atoms with van der Waals surface area (Å²) in [7, 11) is 0. The van der Waals surface area contributed by atoms with Crippen LogP contribution in [0.3, 0.4) is 0 Å². The third-order valence-corrected chi connectivity index (χ3v) is 3.40. The standard InChI is InChI=1S/C11H15Cl2NO.ClH/c1-11(2,6-15)10(14)7-4-3-5-8(12)9(7)13;/h3-5,10,15H,6,14H2,1-2H3;1H/t10-;/m0./s1. The Morgan fingerprint density at radius 3 is 2.44 bits per heavy atom. The summed E-state index contributed by atoms with van der Waals surface area (Å²) in [5.74, 6) is 0. The van der Waals surface area contributed by atoms with Gasteiger partial charge in [0.1, 0.15) is 0 Å². The van der Waals surface area contributed by atoms with Crippen molar-refractivity contribution < 1.29 is 5.11 Å². The Morgan fingerprint density at radius 1 is 1.38 bits per heavy atom. The van der Waals surface area contributed by atoms with Crippen LogP contribution in [0.1, 0.15) is 25.5 Å². The molecule has 1 aromatic carbocycles. The van der Waals surface area contributed by atoms with Gasteiger partial charge in [-0.2, -0.15) is 0 Å². The molecule has 0 amide bonds. The number of hydrogen-bond donors (Lipinski definition) is 2. The number of hydrogen-bond acceptors (Lipinski definition) is 2. The lowest BCUT2D eigenvalue weighted by atomic mass is 9.82. The highest BCUT2D eigenvalue weighted by molar-refractivity contribution is 6.42. The molecule has 16 heavy (non-hydrogen) atoms. The molecule has 0 aliphatic carbocycles.